The molecular weight excluding hydrogens is 224 g/mol. The fourth-order valence-electron chi connectivity index (χ4n) is 3.22. The Kier molecular flexibility index (Phi) is 2.44. The van der Waals surface area contributed by atoms with Crippen LogP contribution in [0.3, 0.4) is 0 Å². The van der Waals surface area contributed by atoms with E-state index < -0.39 is 0 Å². The average Bonchev–Trinajstić information content (AvgIpc) is 2.81. The standard InChI is InChI=1S/C15H18N2O/c1-10-12-6-4-5-7-13(12)14-8-17(11(2)18)9-15(14)16(10)3/h4-7,14-15H,1,8-9H2,2-3H3. The first kappa shape index (κ1) is 11.3. The van der Waals surface area contributed by atoms with Gasteiger partial charge < -0.3 is 9.80 Å². The van der Waals surface area contributed by atoms with Crippen LogP contribution in [0, 0.1) is 0 Å². The fourth-order valence-corrected chi connectivity index (χ4v) is 3.22. The number of hydrogen-bond donors (Lipinski definition) is 0. The molecule has 18 heavy (non-hydrogen) atoms. The second kappa shape index (κ2) is 3.87. The van der Waals surface area contributed by atoms with E-state index in [0.29, 0.717) is 12.0 Å². The highest BCUT2D eigenvalue weighted by Crippen LogP contribution is 2.41. The second-order valence-corrected chi connectivity index (χ2v) is 5.24. The lowest BCUT2D eigenvalue weighted by atomic mass is 9.84. The summed E-state index contributed by atoms with van der Waals surface area (Å²) in [5, 5.41) is 0. The van der Waals surface area contributed by atoms with Gasteiger partial charge in [-0.1, -0.05) is 30.8 Å². The predicted molar refractivity (Wildman–Crippen MR) is 72.0 cm³/mol. The molecule has 2 aliphatic heterocycles. The number of amides is 1. The van der Waals surface area contributed by atoms with Gasteiger partial charge in [-0.05, 0) is 5.56 Å². The third kappa shape index (κ3) is 1.47. The summed E-state index contributed by atoms with van der Waals surface area (Å²) in [6.07, 6.45) is 0. The van der Waals surface area contributed by atoms with Gasteiger partial charge in [-0.3, -0.25) is 4.79 Å². The van der Waals surface area contributed by atoms with Gasteiger partial charge in [0.15, 0.2) is 0 Å². The van der Waals surface area contributed by atoms with E-state index in [1.54, 1.807) is 6.92 Å². The number of benzene rings is 1. The van der Waals surface area contributed by atoms with E-state index in [1.165, 1.54) is 11.1 Å². The molecule has 1 amide bonds. The van der Waals surface area contributed by atoms with Crippen LogP contribution in [0.15, 0.2) is 30.8 Å². The molecule has 0 N–H and O–H groups in total. The van der Waals surface area contributed by atoms with Crippen molar-refractivity contribution in [1.29, 1.82) is 0 Å². The Hall–Kier alpha value is -1.77. The number of nitrogens with zero attached hydrogens (tertiary/aromatic N) is 2. The van der Waals surface area contributed by atoms with Gasteiger partial charge in [0.25, 0.3) is 0 Å². The molecule has 0 bridgehead atoms. The Morgan fingerprint density at radius 1 is 1.33 bits per heavy atom. The number of carbonyl (C=O) groups is 1. The molecule has 3 heteroatoms. The maximum Gasteiger partial charge on any atom is 0.219 e. The number of likely N-dealkylation sites (tertiary alicyclic amines) is 1. The molecule has 2 unspecified atom stereocenters. The van der Waals surface area contributed by atoms with Crippen LogP contribution in [0.4, 0.5) is 0 Å². The Labute approximate surface area is 108 Å². The first-order valence-corrected chi connectivity index (χ1v) is 6.36. The van der Waals surface area contributed by atoms with Crippen molar-refractivity contribution in [3.05, 3.63) is 42.0 Å². The normalized spacial score (nSPS) is 26.0. The van der Waals surface area contributed by atoms with Gasteiger partial charge in [0, 0.05) is 44.2 Å². The molecule has 0 radical (unpaired) electrons. The van der Waals surface area contributed by atoms with Gasteiger partial charge in [0.1, 0.15) is 0 Å². The number of likely N-dealkylation sites (N-methyl/N-ethyl adjacent to an activating group) is 1. The molecule has 0 aliphatic carbocycles. The lowest BCUT2D eigenvalue weighted by Gasteiger charge is -2.38. The smallest absolute Gasteiger partial charge is 0.219 e. The summed E-state index contributed by atoms with van der Waals surface area (Å²) in [6, 6.07) is 8.80. The van der Waals surface area contributed by atoms with E-state index in [-0.39, 0.29) is 5.91 Å². The van der Waals surface area contributed by atoms with Gasteiger partial charge in [0.2, 0.25) is 5.91 Å². The zero-order valence-corrected chi connectivity index (χ0v) is 10.9. The molecule has 3 rings (SSSR count). The van der Waals surface area contributed by atoms with Crippen molar-refractivity contribution in [2.45, 2.75) is 18.9 Å². The molecule has 94 valence electrons. The van der Waals surface area contributed by atoms with E-state index in [1.807, 2.05) is 4.90 Å². The van der Waals surface area contributed by atoms with E-state index in [2.05, 4.69) is 42.8 Å². The zero-order chi connectivity index (χ0) is 12.9. The molecular formula is C15H18N2O. The Balaban J connectivity index is 2.05. The van der Waals surface area contributed by atoms with Crippen molar-refractivity contribution in [3.8, 4) is 0 Å². The molecule has 1 saturated heterocycles. The summed E-state index contributed by atoms with van der Waals surface area (Å²) < 4.78 is 0. The minimum Gasteiger partial charge on any atom is -0.369 e. The van der Waals surface area contributed by atoms with Crippen LogP contribution >= 0.6 is 0 Å². The molecule has 3 nitrogen and oxygen atoms in total. The van der Waals surface area contributed by atoms with Gasteiger partial charge in [-0.25, -0.2) is 0 Å². The van der Waals surface area contributed by atoms with Gasteiger partial charge >= 0.3 is 0 Å². The maximum absolute atomic E-state index is 11.6. The monoisotopic (exact) mass is 242 g/mol. The average molecular weight is 242 g/mol. The molecule has 2 atom stereocenters. The minimum absolute atomic E-state index is 0.167. The fraction of sp³-hybridized carbons (Fsp3) is 0.400. The predicted octanol–water partition coefficient (Wildman–Crippen LogP) is 1.92. The molecule has 2 heterocycles. The lowest BCUT2D eigenvalue weighted by Crippen LogP contribution is -2.39. The molecule has 0 aromatic heterocycles. The van der Waals surface area contributed by atoms with Crippen LogP contribution in [0.1, 0.15) is 24.0 Å². The van der Waals surface area contributed by atoms with Crippen molar-refractivity contribution in [2.24, 2.45) is 0 Å². The number of fused-ring (bicyclic) bond motifs is 3. The van der Waals surface area contributed by atoms with Crippen LogP contribution in [-0.2, 0) is 4.79 Å². The summed E-state index contributed by atoms with van der Waals surface area (Å²) in [6.45, 7) is 7.48. The van der Waals surface area contributed by atoms with Crippen LogP contribution in [0.25, 0.3) is 5.70 Å². The highest BCUT2D eigenvalue weighted by molar-refractivity contribution is 5.75. The van der Waals surface area contributed by atoms with E-state index in [9.17, 15) is 4.79 Å². The topological polar surface area (TPSA) is 23.6 Å². The number of hydrogen-bond acceptors (Lipinski definition) is 2. The van der Waals surface area contributed by atoms with E-state index in [0.717, 1.165) is 18.8 Å². The van der Waals surface area contributed by atoms with Crippen molar-refractivity contribution in [2.75, 3.05) is 20.1 Å². The quantitative estimate of drug-likeness (QED) is 0.694. The number of rotatable bonds is 0. The summed E-state index contributed by atoms with van der Waals surface area (Å²) in [4.78, 5) is 15.8. The zero-order valence-electron chi connectivity index (χ0n) is 10.9. The first-order chi connectivity index (χ1) is 8.59. The molecule has 2 aliphatic rings. The maximum atomic E-state index is 11.6. The van der Waals surface area contributed by atoms with Gasteiger partial charge in [0.05, 0.1) is 6.04 Å². The Morgan fingerprint density at radius 2 is 2.06 bits per heavy atom. The lowest BCUT2D eigenvalue weighted by molar-refractivity contribution is -0.127. The highest BCUT2D eigenvalue weighted by Gasteiger charge is 2.42. The van der Waals surface area contributed by atoms with Crippen LogP contribution < -0.4 is 0 Å². The van der Waals surface area contributed by atoms with Crippen molar-refractivity contribution >= 4 is 11.6 Å². The molecule has 0 saturated carbocycles. The third-order valence-electron chi connectivity index (χ3n) is 4.33. The SMILES string of the molecule is C=C1c2ccccc2C2CN(C(C)=O)CC2N1C. The highest BCUT2D eigenvalue weighted by atomic mass is 16.2. The summed E-state index contributed by atoms with van der Waals surface area (Å²) in [7, 11) is 2.08. The van der Waals surface area contributed by atoms with E-state index in [4.69, 9.17) is 0 Å². The van der Waals surface area contributed by atoms with Crippen molar-refractivity contribution in [3.63, 3.8) is 0 Å². The van der Waals surface area contributed by atoms with Crippen LogP contribution in [0.5, 0.6) is 0 Å². The van der Waals surface area contributed by atoms with Crippen molar-refractivity contribution in [1.82, 2.24) is 9.80 Å². The van der Waals surface area contributed by atoms with Crippen LogP contribution in [-0.4, -0.2) is 41.9 Å². The minimum atomic E-state index is 0.167. The largest absolute Gasteiger partial charge is 0.369 e. The van der Waals surface area contributed by atoms with Crippen LogP contribution in [0.2, 0.25) is 0 Å². The first-order valence-electron chi connectivity index (χ1n) is 6.36. The molecule has 0 spiro atoms. The third-order valence-corrected chi connectivity index (χ3v) is 4.33. The van der Waals surface area contributed by atoms with Gasteiger partial charge in [-0.2, -0.15) is 0 Å². The number of carbonyl (C=O) groups excluding carboxylic acids is 1. The Bertz CT molecular complexity index is 523. The summed E-state index contributed by atoms with van der Waals surface area (Å²) in [5.74, 6) is 0.585. The summed E-state index contributed by atoms with van der Waals surface area (Å²) in [5.41, 5.74) is 3.64. The van der Waals surface area contributed by atoms with Crippen molar-refractivity contribution < 1.29 is 4.79 Å². The van der Waals surface area contributed by atoms with Gasteiger partial charge in [-0.15, -0.1) is 0 Å². The summed E-state index contributed by atoms with van der Waals surface area (Å²) >= 11 is 0. The molecule has 1 aromatic rings. The van der Waals surface area contributed by atoms with E-state index >= 15 is 0 Å². The molecule has 1 fully saturated rings. The second-order valence-electron chi connectivity index (χ2n) is 5.24. The molecule has 1 aromatic carbocycles. The Morgan fingerprint density at radius 3 is 2.78 bits per heavy atom.